The molecule has 0 aliphatic carbocycles. The zero-order valence-electron chi connectivity index (χ0n) is 11.8. The number of hydrogen-bond acceptors (Lipinski definition) is 8. The van der Waals surface area contributed by atoms with Crippen LogP contribution in [0.25, 0.3) is 0 Å². The maximum Gasteiger partial charge on any atom is 0.187 e. The van der Waals surface area contributed by atoms with Crippen molar-refractivity contribution in [2.75, 3.05) is 52.9 Å². The third kappa shape index (κ3) is 5.92. The van der Waals surface area contributed by atoms with Gasteiger partial charge in [-0.3, -0.25) is 0 Å². The lowest BCUT2D eigenvalue weighted by Crippen LogP contribution is -2.16. The van der Waals surface area contributed by atoms with Gasteiger partial charge in [-0.2, -0.15) is 0 Å². The van der Waals surface area contributed by atoms with Crippen LogP contribution in [-0.2, 0) is 27.6 Å². The topological polar surface area (TPSA) is 95.8 Å². The van der Waals surface area contributed by atoms with Gasteiger partial charge in [-0.15, -0.1) is 0 Å². The molecule has 0 spiro atoms. The molecule has 0 amide bonds. The van der Waals surface area contributed by atoms with Crippen molar-refractivity contribution in [3.63, 3.8) is 0 Å². The van der Waals surface area contributed by atoms with E-state index in [0.717, 1.165) is 0 Å². The molecule has 2 saturated heterocycles. The minimum absolute atomic E-state index is 0.00100. The van der Waals surface area contributed by atoms with Crippen molar-refractivity contribution in [3.05, 3.63) is 0 Å². The zero-order chi connectivity index (χ0) is 14.9. The molecule has 2 aliphatic heterocycles. The summed E-state index contributed by atoms with van der Waals surface area (Å²) in [4.78, 5) is 0. The second-order valence-corrected chi connectivity index (χ2v) is 8.05. The van der Waals surface area contributed by atoms with Gasteiger partial charge in [-0.05, 0) is 6.42 Å². The average molecular weight is 344 g/mol. The van der Waals surface area contributed by atoms with Gasteiger partial charge in [0.15, 0.2) is 23.0 Å². The van der Waals surface area contributed by atoms with E-state index in [1.807, 2.05) is 0 Å². The molecule has 3 atom stereocenters. The van der Waals surface area contributed by atoms with Crippen LogP contribution in [0.15, 0.2) is 0 Å². The maximum atomic E-state index is 8.75. The zero-order valence-corrected chi connectivity index (χ0v) is 13.5. The predicted molar refractivity (Wildman–Crippen MR) is 75.9 cm³/mol. The van der Waals surface area contributed by atoms with Gasteiger partial charge in [0.05, 0.1) is 39.6 Å². The van der Waals surface area contributed by atoms with Crippen molar-refractivity contribution in [2.24, 2.45) is 0 Å². The highest BCUT2D eigenvalue weighted by Crippen LogP contribution is 2.65. The standard InChI is InChI=1S/C11H22O8P2/c12-2-5-14-4-1-11(20-16-7-8-17-20)21-18-9-10(19-21)15-6-3-13/h10-13H,1-9H2. The Bertz CT molecular complexity index is 279. The molecule has 0 radical (unpaired) electrons. The van der Waals surface area contributed by atoms with Crippen molar-refractivity contribution in [3.8, 4) is 0 Å². The highest BCUT2D eigenvalue weighted by molar-refractivity contribution is 7.66. The van der Waals surface area contributed by atoms with E-state index in [4.69, 9.17) is 37.8 Å². The molecule has 124 valence electrons. The van der Waals surface area contributed by atoms with E-state index in [0.29, 0.717) is 39.5 Å². The number of hydrogen-bond donors (Lipinski definition) is 2. The first kappa shape index (κ1) is 17.9. The summed E-state index contributed by atoms with van der Waals surface area (Å²) in [5, 5.41) is 17.5. The predicted octanol–water partition coefficient (Wildman–Crippen LogP) is 0.764. The summed E-state index contributed by atoms with van der Waals surface area (Å²) in [6.07, 6.45) is 0.242. The number of aliphatic hydroxyl groups is 2. The van der Waals surface area contributed by atoms with Crippen LogP contribution in [0.5, 0.6) is 0 Å². The largest absolute Gasteiger partial charge is 0.394 e. The van der Waals surface area contributed by atoms with E-state index < -0.39 is 23.0 Å². The summed E-state index contributed by atoms with van der Waals surface area (Å²) >= 11 is 0. The highest BCUT2D eigenvalue weighted by Gasteiger charge is 2.41. The van der Waals surface area contributed by atoms with Crippen LogP contribution in [0, 0.1) is 0 Å². The van der Waals surface area contributed by atoms with Gasteiger partial charge in [0.2, 0.25) is 0 Å². The van der Waals surface area contributed by atoms with Gasteiger partial charge in [0.1, 0.15) is 12.0 Å². The first-order valence-corrected chi connectivity index (χ1v) is 9.39. The molecular weight excluding hydrogens is 322 g/mol. The van der Waals surface area contributed by atoms with Crippen LogP contribution in [-0.4, -0.2) is 74.8 Å². The minimum Gasteiger partial charge on any atom is -0.394 e. The van der Waals surface area contributed by atoms with Crippen LogP contribution in [0.1, 0.15) is 6.42 Å². The fourth-order valence-electron chi connectivity index (χ4n) is 1.84. The molecule has 0 aromatic rings. The molecule has 21 heavy (non-hydrogen) atoms. The fourth-order valence-corrected chi connectivity index (χ4v) is 5.77. The Morgan fingerprint density at radius 3 is 2.48 bits per heavy atom. The van der Waals surface area contributed by atoms with Gasteiger partial charge >= 0.3 is 0 Å². The molecule has 0 saturated carbocycles. The first-order chi connectivity index (χ1) is 10.3. The van der Waals surface area contributed by atoms with Crippen molar-refractivity contribution < 1.29 is 37.8 Å². The number of rotatable bonds is 10. The first-order valence-electron chi connectivity index (χ1n) is 6.90. The fraction of sp³-hybridized carbons (Fsp3) is 1.00. The Kier molecular flexibility index (Phi) is 8.81. The quantitative estimate of drug-likeness (QED) is 0.443. The molecule has 2 heterocycles. The van der Waals surface area contributed by atoms with Crippen LogP contribution < -0.4 is 0 Å². The van der Waals surface area contributed by atoms with Crippen LogP contribution >= 0.6 is 16.8 Å². The van der Waals surface area contributed by atoms with E-state index >= 15 is 0 Å². The Morgan fingerprint density at radius 2 is 1.76 bits per heavy atom. The second kappa shape index (κ2) is 10.3. The molecule has 3 unspecified atom stereocenters. The van der Waals surface area contributed by atoms with Gasteiger partial charge in [0, 0.05) is 6.61 Å². The highest BCUT2D eigenvalue weighted by atomic mass is 31.2. The molecule has 10 heteroatoms. The maximum absolute atomic E-state index is 8.75. The van der Waals surface area contributed by atoms with Crippen LogP contribution in [0.3, 0.4) is 0 Å². The molecule has 0 aromatic heterocycles. The third-order valence-electron chi connectivity index (χ3n) is 2.72. The number of ether oxygens (including phenoxy) is 2. The van der Waals surface area contributed by atoms with Crippen LogP contribution in [0.2, 0.25) is 0 Å². The van der Waals surface area contributed by atoms with Gasteiger partial charge in [-0.25, -0.2) is 0 Å². The Morgan fingerprint density at radius 1 is 1.00 bits per heavy atom. The molecule has 0 aromatic carbocycles. The lowest BCUT2D eigenvalue weighted by molar-refractivity contribution is -0.0751. The summed E-state index contributed by atoms with van der Waals surface area (Å²) in [7, 11) is -2.21. The summed E-state index contributed by atoms with van der Waals surface area (Å²) in [6, 6.07) is 0. The van der Waals surface area contributed by atoms with E-state index in [9.17, 15) is 0 Å². The van der Waals surface area contributed by atoms with Crippen LogP contribution in [0.4, 0.5) is 0 Å². The van der Waals surface area contributed by atoms with E-state index in [2.05, 4.69) is 0 Å². The smallest absolute Gasteiger partial charge is 0.187 e. The molecule has 8 nitrogen and oxygen atoms in total. The lowest BCUT2D eigenvalue weighted by Gasteiger charge is -2.24. The van der Waals surface area contributed by atoms with Gasteiger partial charge in [-0.1, -0.05) is 0 Å². The summed E-state index contributed by atoms with van der Waals surface area (Å²) in [6.45, 7) is 2.52. The van der Waals surface area contributed by atoms with Crippen molar-refractivity contribution >= 4 is 16.8 Å². The third-order valence-corrected chi connectivity index (χ3v) is 7.06. The SMILES string of the molecule is OCCOCCC(P1OCCO1)P1OCC(OCCO)O1. The van der Waals surface area contributed by atoms with Gasteiger partial charge < -0.3 is 37.8 Å². The van der Waals surface area contributed by atoms with Crippen molar-refractivity contribution in [1.82, 2.24) is 0 Å². The van der Waals surface area contributed by atoms with Crippen molar-refractivity contribution in [2.45, 2.75) is 18.1 Å². The molecule has 2 aliphatic rings. The van der Waals surface area contributed by atoms with E-state index in [-0.39, 0.29) is 25.2 Å². The normalized spacial score (nSPS) is 28.3. The molecule has 0 bridgehead atoms. The van der Waals surface area contributed by atoms with E-state index in [1.54, 1.807) is 0 Å². The molecular formula is C11H22O8P2. The Labute approximate surface area is 126 Å². The second-order valence-electron chi connectivity index (χ2n) is 4.27. The summed E-state index contributed by atoms with van der Waals surface area (Å²) < 4.78 is 33.3. The molecule has 2 N–H and O–H groups in total. The van der Waals surface area contributed by atoms with Crippen molar-refractivity contribution in [1.29, 1.82) is 0 Å². The Hall–Kier alpha value is 0.540. The monoisotopic (exact) mass is 344 g/mol. The average Bonchev–Trinajstić information content (AvgIpc) is 3.17. The lowest BCUT2D eigenvalue weighted by atomic mass is 10.5. The Balaban J connectivity index is 1.80. The number of aliphatic hydroxyl groups excluding tert-OH is 2. The molecule has 2 fully saturated rings. The van der Waals surface area contributed by atoms with Gasteiger partial charge in [0.25, 0.3) is 0 Å². The van der Waals surface area contributed by atoms with E-state index in [1.165, 1.54) is 0 Å². The summed E-state index contributed by atoms with van der Waals surface area (Å²) in [5.74, 6) is 0. The molecule has 2 rings (SSSR count). The summed E-state index contributed by atoms with van der Waals surface area (Å²) in [5.41, 5.74) is 0. The minimum atomic E-state index is -1.17.